The third kappa shape index (κ3) is 2.31. The lowest BCUT2D eigenvalue weighted by atomic mass is 9.88. The van der Waals surface area contributed by atoms with Crippen LogP contribution in [0.5, 0.6) is 0 Å². The van der Waals surface area contributed by atoms with E-state index in [-0.39, 0.29) is 11.8 Å². The molecule has 6 heteroatoms. The monoisotopic (exact) mass is 283 g/mol. The van der Waals surface area contributed by atoms with E-state index in [1.54, 1.807) is 17.2 Å². The van der Waals surface area contributed by atoms with Crippen LogP contribution in [0.1, 0.15) is 19.3 Å². The van der Waals surface area contributed by atoms with Gasteiger partial charge in [0.05, 0.1) is 24.0 Å². The summed E-state index contributed by atoms with van der Waals surface area (Å²) in [6.45, 7) is 0. The molecule has 2 aliphatic rings. The predicted octanol–water partition coefficient (Wildman–Crippen LogP) is 1.35. The fraction of sp³-hybridized carbons (Fsp3) is 0.400. The van der Waals surface area contributed by atoms with Gasteiger partial charge in [0, 0.05) is 17.8 Å². The summed E-state index contributed by atoms with van der Waals surface area (Å²) >= 11 is 0. The van der Waals surface area contributed by atoms with Gasteiger partial charge in [-0.05, 0) is 43.5 Å². The SMILES string of the molecule is O=C(Nc1ccc(-n2nccn2)cc1)C1CC2CCC1N2. The van der Waals surface area contributed by atoms with Crippen molar-refractivity contribution in [2.75, 3.05) is 5.32 Å². The highest BCUT2D eigenvalue weighted by molar-refractivity contribution is 5.93. The zero-order valence-corrected chi connectivity index (χ0v) is 11.6. The first-order valence-corrected chi connectivity index (χ1v) is 7.33. The molecule has 0 radical (unpaired) electrons. The fourth-order valence-electron chi connectivity index (χ4n) is 3.38. The van der Waals surface area contributed by atoms with E-state index < -0.39 is 0 Å². The Kier molecular flexibility index (Phi) is 2.96. The van der Waals surface area contributed by atoms with Gasteiger partial charge in [-0.3, -0.25) is 4.79 Å². The van der Waals surface area contributed by atoms with Gasteiger partial charge in [0.2, 0.25) is 5.91 Å². The zero-order valence-electron chi connectivity index (χ0n) is 11.6. The average molecular weight is 283 g/mol. The van der Waals surface area contributed by atoms with Crippen molar-refractivity contribution < 1.29 is 4.79 Å². The van der Waals surface area contributed by atoms with Crippen LogP contribution in [0.15, 0.2) is 36.7 Å². The van der Waals surface area contributed by atoms with E-state index in [1.807, 2.05) is 24.3 Å². The zero-order chi connectivity index (χ0) is 14.2. The molecule has 2 saturated heterocycles. The van der Waals surface area contributed by atoms with Crippen molar-refractivity contribution >= 4 is 11.6 Å². The van der Waals surface area contributed by atoms with Gasteiger partial charge < -0.3 is 10.6 Å². The molecule has 1 amide bonds. The molecule has 2 N–H and O–H groups in total. The van der Waals surface area contributed by atoms with Crippen LogP contribution in [0.25, 0.3) is 5.69 Å². The number of amides is 1. The second-order valence-electron chi connectivity index (χ2n) is 5.74. The second kappa shape index (κ2) is 4.96. The Morgan fingerprint density at radius 2 is 1.95 bits per heavy atom. The molecule has 2 bridgehead atoms. The highest BCUT2D eigenvalue weighted by Crippen LogP contribution is 2.33. The summed E-state index contributed by atoms with van der Waals surface area (Å²) in [6, 6.07) is 8.47. The lowest BCUT2D eigenvalue weighted by Gasteiger charge is -2.19. The Balaban J connectivity index is 1.44. The number of anilines is 1. The van der Waals surface area contributed by atoms with Gasteiger partial charge in [0.25, 0.3) is 0 Å². The minimum absolute atomic E-state index is 0.108. The summed E-state index contributed by atoms with van der Waals surface area (Å²) in [4.78, 5) is 13.9. The van der Waals surface area contributed by atoms with E-state index in [0.717, 1.165) is 24.2 Å². The maximum absolute atomic E-state index is 12.3. The van der Waals surface area contributed by atoms with E-state index in [4.69, 9.17) is 0 Å². The number of benzene rings is 1. The molecule has 1 aromatic carbocycles. The van der Waals surface area contributed by atoms with Crippen LogP contribution < -0.4 is 10.6 Å². The van der Waals surface area contributed by atoms with Gasteiger partial charge in [-0.25, -0.2) is 0 Å². The first-order chi connectivity index (χ1) is 10.3. The molecule has 4 rings (SSSR count). The number of hydrogen-bond acceptors (Lipinski definition) is 4. The maximum Gasteiger partial charge on any atom is 0.229 e. The number of hydrogen-bond donors (Lipinski definition) is 2. The quantitative estimate of drug-likeness (QED) is 0.892. The van der Waals surface area contributed by atoms with Crippen LogP contribution in [-0.4, -0.2) is 33.0 Å². The van der Waals surface area contributed by atoms with Crippen molar-refractivity contribution in [2.45, 2.75) is 31.3 Å². The average Bonchev–Trinajstić information content (AvgIpc) is 3.25. The molecule has 1 aromatic heterocycles. The van der Waals surface area contributed by atoms with Crippen LogP contribution in [0.3, 0.4) is 0 Å². The molecule has 2 fully saturated rings. The van der Waals surface area contributed by atoms with Crippen LogP contribution >= 0.6 is 0 Å². The normalized spacial score (nSPS) is 27.0. The molecule has 2 aromatic rings. The molecule has 3 heterocycles. The lowest BCUT2D eigenvalue weighted by Crippen LogP contribution is -2.32. The Hall–Kier alpha value is -2.21. The highest BCUT2D eigenvalue weighted by atomic mass is 16.2. The number of nitrogens with zero attached hydrogens (tertiary/aromatic N) is 3. The van der Waals surface area contributed by atoms with E-state index >= 15 is 0 Å². The summed E-state index contributed by atoms with van der Waals surface area (Å²) in [5.74, 6) is 0.232. The summed E-state index contributed by atoms with van der Waals surface area (Å²) in [5, 5.41) is 14.7. The number of aromatic nitrogens is 3. The van der Waals surface area contributed by atoms with Crippen molar-refractivity contribution in [3.63, 3.8) is 0 Å². The number of rotatable bonds is 3. The summed E-state index contributed by atoms with van der Waals surface area (Å²) < 4.78 is 0. The first kappa shape index (κ1) is 12.5. The molecule has 3 atom stereocenters. The van der Waals surface area contributed by atoms with Crippen LogP contribution in [0.2, 0.25) is 0 Å². The highest BCUT2D eigenvalue weighted by Gasteiger charge is 2.42. The molecule has 108 valence electrons. The molecular formula is C15H17N5O. The number of carbonyl (C=O) groups excluding carboxylic acids is 1. The number of nitrogens with one attached hydrogen (secondary N) is 2. The molecule has 21 heavy (non-hydrogen) atoms. The smallest absolute Gasteiger partial charge is 0.229 e. The maximum atomic E-state index is 12.3. The van der Waals surface area contributed by atoms with Gasteiger partial charge in [0.1, 0.15) is 0 Å². The van der Waals surface area contributed by atoms with E-state index in [9.17, 15) is 4.79 Å². The molecule has 0 saturated carbocycles. The van der Waals surface area contributed by atoms with Gasteiger partial charge in [-0.1, -0.05) is 0 Å². The van der Waals surface area contributed by atoms with Gasteiger partial charge in [-0.2, -0.15) is 15.0 Å². The van der Waals surface area contributed by atoms with Gasteiger partial charge >= 0.3 is 0 Å². The Morgan fingerprint density at radius 1 is 1.19 bits per heavy atom. The van der Waals surface area contributed by atoms with E-state index in [1.165, 1.54) is 6.42 Å². The van der Waals surface area contributed by atoms with E-state index in [0.29, 0.717) is 12.1 Å². The molecule has 3 unspecified atom stereocenters. The standard InChI is InChI=1S/C15H17N5O/c21-15(13-9-11-3-6-14(13)18-11)19-10-1-4-12(5-2-10)20-16-7-8-17-20/h1-2,4-5,7-8,11,13-14,18H,3,6,9H2,(H,19,21). The summed E-state index contributed by atoms with van der Waals surface area (Å²) in [6.07, 6.45) is 6.56. The van der Waals surface area contributed by atoms with Crippen molar-refractivity contribution in [3.8, 4) is 5.69 Å². The van der Waals surface area contributed by atoms with Crippen molar-refractivity contribution in [3.05, 3.63) is 36.7 Å². The van der Waals surface area contributed by atoms with Crippen molar-refractivity contribution in [1.82, 2.24) is 20.3 Å². The van der Waals surface area contributed by atoms with Crippen molar-refractivity contribution in [1.29, 1.82) is 0 Å². The van der Waals surface area contributed by atoms with Crippen LogP contribution in [0.4, 0.5) is 5.69 Å². The van der Waals surface area contributed by atoms with Gasteiger partial charge in [-0.15, -0.1) is 0 Å². The van der Waals surface area contributed by atoms with Crippen LogP contribution in [0, 0.1) is 5.92 Å². The molecular weight excluding hydrogens is 266 g/mol. The molecule has 2 aliphatic heterocycles. The third-order valence-corrected chi connectivity index (χ3v) is 4.42. The Bertz CT molecular complexity index is 637. The topological polar surface area (TPSA) is 71.8 Å². The van der Waals surface area contributed by atoms with E-state index in [2.05, 4.69) is 20.8 Å². The Labute approximate surface area is 122 Å². The summed E-state index contributed by atoms with van der Waals surface area (Å²) in [7, 11) is 0. The largest absolute Gasteiger partial charge is 0.326 e. The van der Waals surface area contributed by atoms with Gasteiger partial charge in [0.15, 0.2) is 0 Å². The number of fused-ring (bicyclic) bond motifs is 2. The predicted molar refractivity (Wildman–Crippen MR) is 78.0 cm³/mol. The van der Waals surface area contributed by atoms with Crippen LogP contribution in [-0.2, 0) is 4.79 Å². The Morgan fingerprint density at radius 3 is 2.57 bits per heavy atom. The summed E-state index contributed by atoms with van der Waals surface area (Å²) in [5.41, 5.74) is 1.69. The first-order valence-electron chi connectivity index (χ1n) is 7.33. The molecule has 0 aliphatic carbocycles. The lowest BCUT2D eigenvalue weighted by molar-refractivity contribution is -0.120. The molecule has 6 nitrogen and oxygen atoms in total. The second-order valence-corrected chi connectivity index (χ2v) is 5.74. The molecule has 0 spiro atoms. The van der Waals surface area contributed by atoms with Crippen molar-refractivity contribution in [2.24, 2.45) is 5.92 Å². The third-order valence-electron chi connectivity index (χ3n) is 4.42. The minimum Gasteiger partial charge on any atom is -0.326 e. The fourth-order valence-corrected chi connectivity index (χ4v) is 3.38. The number of carbonyl (C=O) groups is 1. The minimum atomic E-state index is 0.108.